The highest BCUT2D eigenvalue weighted by Gasteiger charge is 2.42. The number of benzene rings is 2. The standard InChI is InChI=1S/C23H23F3N4O3S2/c24-23(25,26)16-2-1-3-18(12-16)29-8-10-30(11-9-29)21(31)15-4-6-17(7-5-15)27-22-28-19-13-35(32,33)14-20(19)34-22/h1-7,12,19-20H,8-11,13-14H2,(H,27,28). The third kappa shape index (κ3) is 5.27. The number of halogens is 3. The van der Waals surface area contributed by atoms with Crippen LogP contribution in [-0.4, -0.2) is 73.4 Å². The molecule has 1 N–H and O–H groups in total. The Balaban J connectivity index is 1.16. The van der Waals surface area contributed by atoms with E-state index in [2.05, 4.69) is 10.3 Å². The Labute approximate surface area is 205 Å². The van der Waals surface area contributed by atoms with E-state index in [4.69, 9.17) is 0 Å². The molecule has 0 saturated carbocycles. The van der Waals surface area contributed by atoms with Crippen molar-refractivity contribution in [3.8, 4) is 0 Å². The van der Waals surface area contributed by atoms with E-state index in [1.54, 1.807) is 35.2 Å². The predicted octanol–water partition coefficient (Wildman–Crippen LogP) is 3.35. The Kier molecular flexibility index (Phi) is 6.20. The first-order chi connectivity index (χ1) is 16.6. The number of carbonyl (C=O) groups is 1. The number of hydrogen-bond acceptors (Lipinski definition) is 7. The van der Waals surface area contributed by atoms with Crippen LogP contribution >= 0.6 is 11.8 Å². The number of alkyl halides is 3. The summed E-state index contributed by atoms with van der Waals surface area (Å²) in [4.78, 5) is 21.0. The Hall–Kier alpha value is -2.73. The van der Waals surface area contributed by atoms with Crippen LogP contribution in [0.3, 0.4) is 0 Å². The number of piperazine rings is 1. The van der Waals surface area contributed by atoms with Crippen LogP contribution in [0.2, 0.25) is 0 Å². The molecule has 2 unspecified atom stereocenters. The molecular weight excluding hydrogens is 501 g/mol. The van der Waals surface area contributed by atoms with Crippen molar-refractivity contribution in [2.24, 2.45) is 4.99 Å². The lowest BCUT2D eigenvalue weighted by Gasteiger charge is -2.36. The van der Waals surface area contributed by atoms with Crippen LogP contribution in [-0.2, 0) is 16.0 Å². The predicted molar refractivity (Wildman–Crippen MR) is 131 cm³/mol. The summed E-state index contributed by atoms with van der Waals surface area (Å²) in [6, 6.07) is 12.0. The first kappa shape index (κ1) is 24.0. The minimum Gasteiger partial charge on any atom is -0.368 e. The quantitative estimate of drug-likeness (QED) is 0.664. The molecule has 186 valence electrons. The lowest BCUT2D eigenvalue weighted by atomic mass is 10.1. The minimum absolute atomic E-state index is 0.0436. The van der Waals surface area contributed by atoms with Crippen molar-refractivity contribution in [3.05, 3.63) is 59.7 Å². The van der Waals surface area contributed by atoms with Crippen molar-refractivity contribution in [1.29, 1.82) is 0 Å². The smallest absolute Gasteiger partial charge is 0.368 e. The average molecular weight is 525 g/mol. The van der Waals surface area contributed by atoms with Gasteiger partial charge in [0.05, 0.1) is 23.1 Å². The highest BCUT2D eigenvalue weighted by molar-refractivity contribution is 8.15. The van der Waals surface area contributed by atoms with E-state index >= 15 is 0 Å². The summed E-state index contributed by atoms with van der Waals surface area (Å²) in [6.45, 7) is 1.71. The summed E-state index contributed by atoms with van der Waals surface area (Å²) in [7, 11) is -3.00. The topological polar surface area (TPSA) is 82.1 Å². The molecule has 2 saturated heterocycles. The summed E-state index contributed by atoms with van der Waals surface area (Å²) in [5.74, 6) is 0.100. The van der Waals surface area contributed by atoms with E-state index < -0.39 is 21.6 Å². The fourth-order valence-corrected chi connectivity index (χ4v) is 8.14. The van der Waals surface area contributed by atoms with Crippen LogP contribution in [0.4, 0.5) is 24.5 Å². The number of nitrogens with zero attached hydrogens (tertiary/aromatic N) is 3. The van der Waals surface area contributed by atoms with Gasteiger partial charge in [-0.3, -0.25) is 9.79 Å². The fraction of sp³-hybridized carbons (Fsp3) is 0.391. The van der Waals surface area contributed by atoms with Gasteiger partial charge < -0.3 is 15.1 Å². The second-order valence-electron chi connectivity index (χ2n) is 8.76. The number of anilines is 2. The van der Waals surface area contributed by atoms with Gasteiger partial charge in [-0.1, -0.05) is 17.8 Å². The number of nitrogens with one attached hydrogen (secondary N) is 1. The Morgan fingerprint density at radius 3 is 2.40 bits per heavy atom. The Morgan fingerprint density at radius 2 is 1.74 bits per heavy atom. The molecule has 0 bridgehead atoms. The van der Waals surface area contributed by atoms with Crippen molar-refractivity contribution in [2.75, 3.05) is 47.9 Å². The van der Waals surface area contributed by atoms with Crippen molar-refractivity contribution in [3.63, 3.8) is 0 Å². The molecule has 2 aromatic carbocycles. The molecule has 7 nitrogen and oxygen atoms in total. The summed E-state index contributed by atoms with van der Waals surface area (Å²) < 4.78 is 62.4. The Bertz CT molecular complexity index is 1260. The zero-order chi connectivity index (χ0) is 24.8. The van der Waals surface area contributed by atoms with Gasteiger partial charge in [0.15, 0.2) is 15.0 Å². The first-order valence-corrected chi connectivity index (χ1v) is 13.8. The van der Waals surface area contributed by atoms with E-state index in [0.717, 1.165) is 17.8 Å². The lowest BCUT2D eigenvalue weighted by molar-refractivity contribution is -0.137. The molecule has 12 heteroatoms. The third-order valence-electron chi connectivity index (χ3n) is 6.31. The number of hydrogen-bond donors (Lipinski definition) is 1. The molecule has 0 spiro atoms. The van der Waals surface area contributed by atoms with Gasteiger partial charge in [-0.15, -0.1) is 0 Å². The van der Waals surface area contributed by atoms with Gasteiger partial charge in [0.2, 0.25) is 0 Å². The van der Waals surface area contributed by atoms with E-state index in [-0.39, 0.29) is 28.7 Å². The van der Waals surface area contributed by atoms with Crippen molar-refractivity contribution < 1.29 is 26.4 Å². The molecule has 2 aromatic rings. The van der Waals surface area contributed by atoms with Crippen LogP contribution < -0.4 is 10.2 Å². The fourth-order valence-electron chi connectivity index (χ4n) is 4.46. The summed E-state index contributed by atoms with van der Waals surface area (Å²) in [6.07, 6.45) is -4.39. The van der Waals surface area contributed by atoms with Crippen molar-refractivity contribution >= 4 is 44.0 Å². The largest absolute Gasteiger partial charge is 0.416 e. The van der Waals surface area contributed by atoms with Crippen LogP contribution in [0.15, 0.2) is 53.5 Å². The summed E-state index contributed by atoms with van der Waals surface area (Å²) in [5.41, 5.74) is 1.09. The highest BCUT2D eigenvalue weighted by atomic mass is 32.2. The minimum atomic E-state index is -4.39. The maximum absolute atomic E-state index is 13.0. The molecule has 5 rings (SSSR count). The number of fused-ring (bicyclic) bond motifs is 1. The SMILES string of the molecule is O=C(c1ccc(NC2=NC3CS(=O)(=O)CC3S2)cc1)N1CCN(c2cccc(C(F)(F)F)c2)CC1. The molecule has 2 atom stereocenters. The molecular formula is C23H23F3N4O3S2. The van der Waals surface area contributed by atoms with Crippen LogP contribution in [0.5, 0.6) is 0 Å². The maximum Gasteiger partial charge on any atom is 0.416 e. The zero-order valence-corrected chi connectivity index (χ0v) is 20.2. The third-order valence-corrected chi connectivity index (χ3v) is 9.45. The molecule has 35 heavy (non-hydrogen) atoms. The molecule has 3 aliphatic rings. The summed E-state index contributed by atoms with van der Waals surface area (Å²) >= 11 is 1.43. The van der Waals surface area contributed by atoms with Crippen LogP contribution in [0, 0.1) is 0 Å². The zero-order valence-electron chi connectivity index (χ0n) is 18.5. The van der Waals surface area contributed by atoms with Gasteiger partial charge in [0.25, 0.3) is 5.91 Å². The van der Waals surface area contributed by atoms with Gasteiger partial charge in [0, 0.05) is 48.4 Å². The molecule has 0 aromatic heterocycles. The number of sulfone groups is 1. The van der Waals surface area contributed by atoms with E-state index in [9.17, 15) is 26.4 Å². The van der Waals surface area contributed by atoms with Gasteiger partial charge >= 0.3 is 6.18 Å². The number of amidine groups is 1. The van der Waals surface area contributed by atoms with Gasteiger partial charge in [-0.2, -0.15) is 13.2 Å². The number of amides is 1. The number of rotatable bonds is 3. The van der Waals surface area contributed by atoms with E-state index in [1.165, 1.54) is 17.8 Å². The van der Waals surface area contributed by atoms with Crippen LogP contribution in [0.1, 0.15) is 15.9 Å². The lowest BCUT2D eigenvalue weighted by Crippen LogP contribution is -2.48. The van der Waals surface area contributed by atoms with Gasteiger partial charge in [-0.05, 0) is 42.5 Å². The monoisotopic (exact) mass is 524 g/mol. The van der Waals surface area contributed by atoms with Gasteiger partial charge in [-0.25, -0.2) is 8.42 Å². The first-order valence-electron chi connectivity index (χ1n) is 11.1. The van der Waals surface area contributed by atoms with Crippen molar-refractivity contribution in [1.82, 2.24) is 4.90 Å². The molecule has 1 amide bonds. The van der Waals surface area contributed by atoms with Gasteiger partial charge in [0.1, 0.15) is 0 Å². The molecule has 0 radical (unpaired) electrons. The molecule has 0 aliphatic carbocycles. The second kappa shape index (κ2) is 9.05. The number of aliphatic imine (C=N–C) groups is 1. The maximum atomic E-state index is 13.0. The summed E-state index contributed by atoms with van der Waals surface area (Å²) in [5, 5.41) is 3.82. The molecule has 3 aliphatic heterocycles. The highest BCUT2D eigenvalue weighted by Crippen LogP contribution is 2.35. The van der Waals surface area contributed by atoms with Crippen molar-refractivity contribution in [2.45, 2.75) is 17.5 Å². The van der Waals surface area contributed by atoms with E-state index in [0.29, 0.717) is 42.6 Å². The normalized spacial score (nSPS) is 23.7. The van der Waals surface area contributed by atoms with Crippen LogP contribution in [0.25, 0.3) is 0 Å². The second-order valence-corrected chi connectivity index (χ2v) is 12.1. The average Bonchev–Trinajstić information content (AvgIpc) is 3.31. The Morgan fingerprint density at radius 1 is 1.03 bits per heavy atom. The molecule has 2 fully saturated rings. The number of thioether (sulfide) groups is 1. The van der Waals surface area contributed by atoms with E-state index in [1.807, 2.05) is 4.90 Å². The molecule has 3 heterocycles. The number of carbonyl (C=O) groups excluding carboxylic acids is 1.